The van der Waals surface area contributed by atoms with Gasteiger partial charge in [0, 0.05) is 16.5 Å². The van der Waals surface area contributed by atoms with Crippen LogP contribution in [0.2, 0.25) is 0 Å². The van der Waals surface area contributed by atoms with Crippen LogP contribution < -0.4 is 14.8 Å². The molecule has 0 unspecified atom stereocenters. The molecule has 8 heteroatoms. The molecule has 24 heavy (non-hydrogen) atoms. The Labute approximate surface area is 143 Å². The van der Waals surface area contributed by atoms with Crippen LogP contribution in [0.5, 0.6) is 11.5 Å². The number of nitrogens with zero attached hydrogens (tertiary/aromatic N) is 4. The number of ether oxygens (including phenoxy) is 2. The number of hydrogen-bond donors (Lipinski definition) is 1. The molecule has 0 fully saturated rings. The summed E-state index contributed by atoms with van der Waals surface area (Å²) in [6.45, 7) is 0. The van der Waals surface area contributed by atoms with Crippen LogP contribution in [0.25, 0.3) is 0 Å². The third-order valence-corrected chi connectivity index (χ3v) is 5.22. The molecule has 2 aromatic heterocycles. The molecule has 124 valence electrons. The SMILES string of the molecule is COc1ccc([C@@H]2C[C@@H](c3cccs3)Nc3nnnn32)c(OC)c1. The number of methoxy groups -OCH3 is 2. The Morgan fingerprint density at radius 2 is 2.17 bits per heavy atom. The molecule has 4 rings (SSSR count). The molecule has 0 amide bonds. The molecule has 2 atom stereocenters. The van der Waals surface area contributed by atoms with Crippen molar-refractivity contribution in [1.82, 2.24) is 20.2 Å². The molecule has 7 nitrogen and oxygen atoms in total. The van der Waals surface area contributed by atoms with Gasteiger partial charge in [0.2, 0.25) is 5.95 Å². The van der Waals surface area contributed by atoms with Gasteiger partial charge in [0.1, 0.15) is 11.5 Å². The zero-order chi connectivity index (χ0) is 16.5. The summed E-state index contributed by atoms with van der Waals surface area (Å²) in [4.78, 5) is 1.27. The van der Waals surface area contributed by atoms with Gasteiger partial charge in [-0.3, -0.25) is 0 Å². The van der Waals surface area contributed by atoms with Crippen LogP contribution in [0, 0.1) is 0 Å². The average molecular weight is 343 g/mol. The van der Waals surface area contributed by atoms with E-state index in [1.54, 1.807) is 25.6 Å². The van der Waals surface area contributed by atoms with Crippen molar-refractivity contribution in [2.45, 2.75) is 18.5 Å². The van der Waals surface area contributed by atoms with Crippen LogP contribution in [0.4, 0.5) is 5.95 Å². The molecule has 3 heterocycles. The van der Waals surface area contributed by atoms with Gasteiger partial charge in [0.05, 0.1) is 26.3 Å². The third-order valence-electron chi connectivity index (χ3n) is 4.24. The van der Waals surface area contributed by atoms with E-state index in [0.29, 0.717) is 5.95 Å². The van der Waals surface area contributed by atoms with E-state index in [-0.39, 0.29) is 12.1 Å². The molecule has 1 N–H and O–H groups in total. The quantitative estimate of drug-likeness (QED) is 0.785. The van der Waals surface area contributed by atoms with E-state index >= 15 is 0 Å². The van der Waals surface area contributed by atoms with E-state index in [4.69, 9.17) is 9.47 Å². The zero-order valence-electron chi connectivity index (χ0n) is 13.3. The van der Waals surface area contributed by atoms with Crippen LogP contribution >= 0.6 is 11.3 Å². The molecule has 0 radical (unpaired) electrons. The maximum absolute atomic E-state index is 5.58. The second-order valence-electron chi connectivity index (χ2n) is 5.52. The lowest BCUT2D eigenvalue weighted by molar-refractivity contribution is 0.370. The first-order chi connectivity index (χ1) is 11.8. The summed E-state index contributed by atoms with van der Waals surface area (Å²) in [5, 5.41) is 17.6. The Bertz CT molecular complexity index is 833. The highest BCUT2D eigenvalue weighted by molar-refractivity contribution is 7.10. The zero-order valence-corrected chi connectivity index (χ0v) is 14.2. The van der Waals surface area contributed by atoms with Gasteiger partial charge < -0.3 is 14.8 Å². The van der Waals surface area contributed by atoms with Gasteiger partial charge in [0.25, 0.3) is 0 Å². The lowest BCUT2D eigenvalue weighted by Gasteiger charge is -2.31. The molecule has 1 aliphatic heterocycles. The number of anilines is 1. The number of hydrogen-bond acceptors (Lipinski definition) is 7. The molecule has 0 bridgehead atoms. The second-order valence-corrected chi connectivity index (χ2v) is 6.50. The van der Waals surface area contributed by atoms with Crippen molar-refractivity contribution < 1.29 is 9.47 Å². The molecule has 0 saturated heterocycles. The van der Waals surface area contributed by atoms with Gasteiger partial charge in [-0.15, -0.1) is 11.3 Å². The number of rotatable bonds is 4. The Kier molecular flexibility index (Phi) is 3.81. The second kappa shape index (κ2) is 6.12. The summed E-state index contributed by atoms with van der Waals surface area (Å²) in [6, 6.07) is 10.2. The van der Waals surface area contributed by atoms with E-state index < -0.39 is 0 Å². The highest BCUT2D eigenvalue weighted by Crippen LogP contribution is 2.41. The standard InChI is InChI=1S/C16H17N5O2S/c1-22-10-5-6-11(14(8-10)23-2)13-9-12(15-4-3-7-24-15)17-16-18-19-20-21(13)16/h3-8,12-13H,9H2,1-2H3,(H,17,18,20)/t12-,13-/m0/s1. The van der Waals surface area contributed by atoms with E-state index in [9.17, 15) is 0 Å². The highest BCUT2D eigenvalue weighted by Gasteiger charge is 2.32. The Morgan fingerprint density at radius 1 is 1.25 bits per heavy atom. The Morgan fingerprint density at radius 3 is 2.92 bits per heavy atom. The maximum Gasteiger partial charge on any atom is 0.244 e. The normalized spacial score (nSPS) is 19.4. The Hall–Kier alpha value is -2.61. The first-order valence-corrected chi connectivity index (χ1v) is 8.48. The largest absolute Gasteiger partial charge is 0.497 e. The average Bonchev–Trinajstić information content (AvgIpc) is 3.31. The van der Waals surface area contributed by atoms with Gasteiger partial charge in [-0.2, -0.15) is 0 Å². The summed E-state index contributed by atoms with van der Waals surface area (Å²) in [7, 11) is 3.31. The predicted molar refractivity (Wildman–Crippen MR) is 90.8 cm³/mol. The molecule has 1 aromatic carbocycles. The van der Waals surface area contributed by atoms with Crippen LogP contribution in [0.1, 0.15) is 28.9 Å². The number of aromatic nitrogens is 4. The fourth-order valence-corrected chi connectivity index (χ4v) is 3.86. The summed E-state index contributed by atoms with van der Waals surface area (Å²) in [5.41, 5.74) is 1.04. The molecular formula is C16H17N5O2S. The van der Waals surface area contributed by atoms with Crippen LogP contribution in [0.3, 0.4) is 0 Å². The number of thiophene rings is 1. The van der Waals surface area contributed by atoms with Crippen molar-refractivity contribution in [2.75, 3.05) is 19.5 Å². The fourth-order valence-electron chi connectivity index (χ4n) is 3.07. The minimum Gasteiger partial charge on any atom is -0.497 e. The smallest absolute Gasteiger partial charge is 0.244 e. The monoisotopic (exact) mass is 343 g/mol. The van der Waals surface area contributed by atoms with E-state index in [0.717, 1.165) is 23.5 Å². The summed E-state index contributed by atoms with van der Waals surface area (Å²) in [5.74, 6) is 2.20. The number of benzene rings is 1. The molecule has 0 aliphatic carbocycles. The van der Waals surface area contributed by atoms with Crippen molar-refractivity contribution in [3.8, 4) is 11.5 Å². The lowest BCUT2D eigenvalue weighted by atomic mass is 9.96. The van der Waals surface area contributed by atoms with E-state index in [2.05, 4.69) is 38.4 Å². The molecule has 0 saturated carbocycles. The molecule has 0 spiro atoms. The van der Waals surface area contributed by atoms with Gasteiger partial charge in [0.15, 0.2) is 0 Å². The maximum atomic E-state index is 5.58. The van der Waals surface area contributed by atoms with Crippen molar-refractivity contribution in [3.05, 3.63) is 46.2 Å². The van der Waals surface area contributed by atoms with Crippen LogP contribution in [-0.4, -0.2) is 34.4 Å². The van der Waals surface area contributed by atoms with Gasteiger partial charge in [-0.25, -0.2) is 4.68 Å². The van der Waals surface area contributed by atoms with Crippen molar-refractivity contribution in [2.24, 2.45) is 0 Å². The predicted octanol–water partition coefficient (Wildman–Crippen LogP) is 2.90. The summed E-state index contributed by atoms with van der Waals surface area (Å²) in [6.07, 6.45) is 0.835. The molecule has 3 aromatic rings. The summed E-state index contributed by atoms with van der Waals surface area (Å²) >= 11 is 1.73. The first kappa shape index (κ1) is 14.9. The van der Waals surface area contributed by atoms with Gasteiger partial charge in [-0.05, 0) is 40.4 Å². The van der Waals surface area contributed by atoms with Gasteiger partial charge in [-0.1, -0.05) is 11.2 Å². The van der Waals surface area contributed by atoms with Crippen molar-refractivity contribution in [1.29, 1.82) is 0 Å². The van der Waals surface area contributed by atoms with Gasteiger partial charge >= 0.3 is 0 Å². The molecular weight excluding hydrogens is 326 g/mol. The molecule has 1 aliphatic rings. The topological polar surface area (TPSA) is 74.1 Å². The Balaban J connectivity index is 1.77. The third kappa shape index (κ3) is 2.48. The van der Waals surface area contributed by atoms with Crippen molar-refractivity contribution >= 4 is 17.3 Å². The minimum atomic E-state index is -0.00999. The van der Waals surface area contributed by atoms with E-state index in [1.165, 1.54) is 4.88 Å². The minimum absolute atomic E-state index is 0.00999. The fraction of sp³-hybridized carbons (Fsp3) is 0.312. The number of nitrogens with one attached hydrogen (secondary N) is 1. The lowest BCUT2D eigenvalue weighted by Crippen LogP contribution is -2.28. The number of fused-ring (bicyclic) bond motifs is 1. The van der Waals surface area contributed by atoms with Crippen molar-refractivity contribution in [3.63, 3.8) is 0 Å². The van der Waals surface area contributed by atoms with E-state index in [1.807, 2.05) is 22.9 Å². The summed E-state index contributed by atoms with van der Waals surface area (Å²) < 4.78 is 12.7. The highest BCUT2D eigenvalue weighted by atomic mass is 32.1. The first-order valence-electron chi connectivity index (χ1n) is 7.60. The van der Waals surface area contributed by atoms with Crippen LogP contribution in [0.15, 0.2) is 35.7 Å². The number of tetrazole rings is 1. The van der Waals surface area contributed by atoms with Crippen LogP contribution in [-0.2, 0) is 0 Å².